The van der Waals surface area contributed by atoms with Crippen LogP contribution in [0.1, 0.15) is 16.7 Å². The minimum Gasteiger partial charge on any atom is -0.376 e. The third-order valence-electron chi connectivity index (χ3n) is 4.34. The molecule has 0 spiro atoms. The Morgan fingerprint density at radius 1 is 0.964 bits per heavy atom. The molecule has 8 heteroatoms. The fourth-order valence-corrected chi connectivity index (χ4v) is 4.16. The van der Waals surface area contributed by atoms with Gasteiger partial charge in [0.1, 0.15) is 0 Å². The second kappa shape index (κ2) is 8.39. The molecule has 4 nitrogen and oxygen atoms in total. The first-order valence-electron chi connectivity index (χ1n) is 8.46. The van der Waals surface area contributed by atoms with Crippen molar-refractivity contribution in [3.05, 3.63) is 81.8 Å². The summed E-state index contributed by atoms with van der Waals surface area (Å²) in [4.78, 5) is 17.7. The normalized spacial score (nSPS) is 12.5. The SMILES string of the molecule is O=P(O)(O)C(F)(F)c1ccc(COCCc2ccc3ccccc3c2)cc1Br. The first kappa shape index (κ1) is 21.1. The molecule has 0 unspecified atom stereocenters. The van der Waals surface area contributed by atoms with E-state index >= 15 is 0 Å². The number of rotatable bonds is 7. The summed E-state index contributed by atoms with van der Waals surface area (Å²) in [5.41, 5.74) is -3.24. The van der Waals surface area contributed by atoms with Crippen LogP contribution in [-0.4, -0.2) is 16.4 Å². The number of benzene rings is 3. The number of hydrogen-bond acceptors (Lipinski definition) is 2. The Morgan fingerprint density at radius 2 is 1.64 bits per heavy atom. The van der Waals surface area contributed by atoms with Crippen LogP contribution in [0.15, 0.2) is 65.1 Å². The molecular formula is C20H18BrF2O4P. The molecule has 148 valence electrons. The quantitative estimate of drug-likeness (QED) is 0.349. The lowest BCUT2D eigenvalue weighted by Crippen LogP contribution is -2.14. The summed E-state index contributed by atoms with van der Waals surface area (Å²) in [7, 11) is -5.60. The van der Waals surface area contributed by atoms with Crippen LogP contribution in [0.4, 0.5) is 8.78 Å². The predicted octanol–water partition coefficient (Wildman–Crippen LogP) is 5.59. The van der Waals surface area contributed by atoms with Crippen molar-refractivity contribution in [2.45, 2.75) is 18.7 Å². The van der Waals surface area contributed by atoms with Crippen LogP contribution >= 0.6 is 23.5 Å². The molecule has 0 fully saturated rings. The molecule has 0 bridgehead atoms. The van der Waals surface area contributed by atoms with Gasteiger partial charge in [0.25, 0.3) is 0 Å². The third kappa shape index (κ3) is 4.67. The van der Waals surface area contributed by atoms with Crippen LogP contribution in [0.25, 0.3) is 10.8 Å². The van der Waals surface area contributed by atoms with E-state index in [9.17, 15) is 13.3 Å². The Morgan fingerprint density at radius 3 is 2.32 bits per heavy atom. The monoisotopic (exact) mass is 470 g/mol. The van der Waals surface area contributed by atoms with E-state index in [1.807, 2.05) is 30.3 Å². The zero-order valence-corrected chi connectivity index (χ0v) is 17.2. The van der Waals surface area contributed by atoms with E-state index in [0.29, 0.717) is 18.6 Å². The molecule has 28 heavy (non-hydrogen) atoms. The van der Waals surface area contributed by atoms with Crippen molar-refractivity contribution in [1.82, 2.24) is 0 Å². The van der Waals surface area contributed by atoms with Crippen LogP contribution in [0, 0.1) is 0 Å². The van der Waals surface area contributed by atoms with Crippen molar-refractivity contribution in [3.8, 4) is 0 Å². The lowest BCUT2D eigenvalue weighted by molar-refractivity contribution is 0.0556. The first-order chi connectivity index (χ1) is 13.2. The van der Waals surface area contributed by atoms with Crippen molar-refractivity contribution in [1.29, 1.82) is 0 Å². The van der Waals surface area contributed by atoms with Crippen LogP contribution < -0.4 is 0 Å². The average Bonchev–Trinajstić information content (AvgIpc) is 2.64. The van der Waals surface area contributed by atoms with E-state index in [4.69, 9.17) is 14.5 Å². The zero-order chi connectivity index (χ0) is 20.4. The summed E-state index contributed by atoms with van der Waals surface area (Å²) in [6.07, 6.45) is 0.709. The molecule has 3 aromatic rings. The van der Waals surface area contributed by atoms with E-state index in [0.717, 1.165) is 17.0 Å². The molecule has 0 amide bonds. The van der Waals surface area contributed by atoms with Gasteiger partial charge in [0.2, 0.25) is 0 Å². The molecule has 0 aliphatic heterocycles. The molecule has 0 saturated carbocycles. The van der Waals surface area contributed by atoms with E-state index in [1.165, 1.54) is 17.5 Å². The summed E-state index contributed by atoms with van der Waals surface area (Å²) in [6.45, 7) is 0.657. The predicted molar refractivity (Wildman–Crippen MR) is 107 cm³/mol. The molecule has 2 N–H and O–H groups in total. The van der Waals surface area contributed by atoms with Crippen LogP contribution in [-0.2, 0) is 28.0 Å². The Balaban J connectivity index is 1.59. The highest BCUT2D eigenvalue weighted by atomic mass is 79.9. The highest BCUT2D eigenvalue weighted by Crippen LogP contribution is 2.60. The molecule has 0 radical (unpaired) electrons. The third-order valence-corrected chi connectivity index (χ3v) is 5.97. The number of fused-ring (bicyclic) bond motifs is 1. The molecule has 3 aromatic carbocycles. The lowest BCUT2D eigenvalue weighted by atomic mass is 10.1. The topological polar surface area (TPSA) is 66.8 Å². The smallest absolute Gasteiger partial charge is 0.376 e. The number of ether oxygens (including phenoxy) is 1. The van der Waals surface area contributed by atoms with Crippen molar-refractivity contribution in [3.63, 3.8) is 0 Å². The highest BCUT2D eigenvalue weighted by Gasteiger charge is 2.51. The van der Waals surface area contributed by atoms with E-state index in [2.05, 4.69) is 28.1 Å². The largest absolute Gasteiger partial charge is 0.399 e. The van der Waals surface area contributed by atoms with Gasteiger partial charge >= 0.3 is 13.3 Å². The van der Waals surface area contributed by atoms with E-state index in [-0.39, 0.29) is 11.1 Å². The molecule has 0 atom stereocenters. The van der Waals surface area contributed by atoms with Gasteiger partial charge in [0.05, 0.1) is 13.2 Å². The second-order valence-electron chi connectivity index (χ2n) is 6.38. The Kier molecular flexibility index (Phi) is 6.32. The van der Waals surface area contributed by atoms with Gasteiger partial charge in [-0.3, -0.25) is 4.57 Å². The molecule has 0 saturated heterocycles. The van der Waals surface area contributed by atoms with Gasteiger partial charge in [-0.15, -0.1) is 0 Å². The molecule has 0 aliphatic carbocycles. The maximum absolute atomic E-state index is 13.8. The number of hydrogen-bond donors (Lipinski definition) is 2. The summed E-state index contributed by atoms with van der Waals surface area (Å²) in [6, 6.07) is 18.0. The van der Waals surface area contributed by atoms with Gasteiger partial charge in [-0.05, 0) is 34.4 Å². The molecule has 0 aromatic heterocycles. The Bertz CT molecular complexity index is 1040. The van der Waals surface area contributed by atoms with Gasteiger partial charge in [0.15, 0.2) is 0 Å². The fraction of sp³-hybridized carbons (Fsp3) is 0.200. The Hall–Kier alpha value is -1.63. The highest BCUT2D eigenvalue weighted by molar-refractivity contribution is 9.10. The summed E-state index contributed by atoms with van der Waals surface area (Å²) >= 11 is 2.97. The number of alkyl halides is 2. The molecule has 3 rings (SSSR count). The van der Waals surface area contributed by atoms with Crippen molar-refractivity contribution in [2.75, 3.05) is 6.61 Å². The molecule has 0 aliphatic rings. The minimum atomic E-state index is -5.60. The van der Waals surface area contributed by atoms with Crippen LogP contribution in [0.3, 0.4) is 0 Å². The van der Waals surface area contributed by atoms with Crippen molar-refractivity contribution >= 4 is 34.3 Å². The van der Waals surface area contributed by atoms with Gasteiger partial charge in [-0.25, -0.2) is 0 Å². The first-order valence-corrected chi connectivity index (χ1v) is 10.9. The van der Waals surface area contributed by atoms with Gasteiger partial charge < -0.3 is 14.5 Å². The Labute approximate surface area is 169 Å². The van der Waals surface area contributed by atoms with Gasteiger partial charge in [0, 0.05) is 10.0 Å². The maximum Gasteiger partial charge on any atom is 0.399 e. The fourth-order valence-electron chi connectivity index (χ4n) is 2.82. The van der Waals surface area contributed by atoms with E-state index in [1.54, 1.807) is 0 Å². The summed E-state index contributed by atoms with van der Waals surface area (Å²) in [5.74, 6) is 0. The zero-order valence-electron chi connectivity index (χ0n) is 14.7. The standard InChI is InChI=1S/C20H18BrF2O4P/c21-19-12-15(6-8-18(19)20(22,23)28(24,25)26)13-27-10-9-14-5-7-16-3-1-2-4-17(16)11-14/h1-8,11-12H,9-10,13H2,(H2,24,25,26). The van der Waals surface area contributed by atoms with Crippen LogP contribution in [0.5, 0.6) is 0 Å². The van der Waals surface area contributed by atoms with Gasteiger partial charge in [-0.2, -0.15) is 8.78 Å². The maximum atomic E-state index is 13.8. The summed E-state index contributed by atoms with van der Waals surface area (Å²) < 4.78 is 44.2. The number of halogens is 3. The average molecular weight is 471 g/mol. The second-order valence-corrected chi connectivity index (χ2v) is 8.89. The molecule has 0 heterocycles. The summed E-state index contributed by atoms with van der Waals surface area (Å²) in [5, 5.41) is 2.33. The van der Waals surface area contributed by atoms with Crippen molar-refractivity contribution < 1.29 is 27.9 Å². The van der Waals surface area contributed by atoms with Gasteiger partial charge in [-0.1, -0.05) is 70.5 Å². The molecular weight excluding hydrogens is 453 g/mol. The minimum absolute atomic E-state index is 0.0727. The van der Waals surface area contributed by atoms with Crippen LogP contribution in [0.2, 0.25) is 0 Å². The lowest BCUT2D eigenvalue weighted by Gasteiger charge is -2.19. The van der Waals surface area contributed by atoms with E-state index < -0.39 is 18.8 Å². The van der Waals surface area contributed by atoms with Crippen molar-refractivity contribution in [2.24, 2.45) is 0 Å².